The van der Waals surface area contributed by atoms with E-state index in [-0.39, 0.29) is 17.7 Å². The van der Waals surface area contributed by atoms with Crippen molar-refractivity contribution in [2.45, 2.75) is 13.3 Å². The Hall–Kier alpha value is -3.65. The molecule has 3 N–H and O–H groups in total. The summed E-state index contributed by atoms with van der Waals surface area (Å²) < 4.78 is 0.928. The number of rotatable bonds is 5. The first-order chi connectivity index (χ1) is 13.9. The normalized spacial score (nSPS) is 11.3. The van der Waals surface area contributed by atoms with Gasteiger partial charge in [-0.2, -0.15) is 5.10 Å². The second kappa shape index (κ2) is 8.57. The van der Waals surface area contributed by atoms with Crippen molar-refractivity contribution < 1.29 is 9.90 Å². The van der Waals surface area contributed by atoms with E-state index in [2.05, 4.69) is 15.5 Å². The molecular formula is C20H17ClN4O4. The van der Waals surface area contributed by atoms with Crippen molar-refractivity contribution in [1.29, 1.82) is 0 Å². The molecule has 0 saturated carbocycles. The van der Waals surface area contributed by atoms with Crippen molar-refractivity contribution in [3.05, 3.63) is 91.6 Å². The third-order valence-electron chi connectivity index (χ3n) is 4.12. The lowest BCUT2D eigenvalue weighted by atomic mass is 10.1. The minimum Gasteiger partial charge on any atom is -0.493 e. The zero-order valence-electron chi connectivity index (χ0n) is 15.3. The molecule has 0 aliphatic heterocycles. The van der Waals surface area contributed by atoms with E-state index in [0.29, 0.717) is 16.3 Å². The maximum absolute atomic E-state index is 12.4. The third kappa shape index (κ3) is 4.27. The van der Waals surface area contributed by atoms with E-state index in [1.807, 2.05) is 0 Å². The van der Waals surface area contributed by atoms with Crippen LogP contribution in [0.1, 0.15) is 29.3 Å². The van der Waals surface area contributed by atoms with Crippen LogP contribution >= 0.6 is 11.6 Å². The van der Waals surface area contributed by atoms with Crippen LogP contribution in [0.3, 0.4) is 0 Å². The topological polar surface area (TPSA) is 117 Å². The lowest BCUT2D eigenvalue weighted by molar-refractivity contribution is 0.0954. The van der Waals surface area contributed by atoms with Gasteiger partial charge in [0.15, 0.2) is 0 Å². The van der Waals surface area contributed by atoms with Crippen molar-refractivity contribution in [3.8, 4) is 11.6 Å². The van der Waals surface area contributed by atoms with Gasteiger partial charge in [0, 0.05) is 10.6 Å². The van der Waals surface area contributed by atoms with E-state index in [1.54, 1.807) is 49.4 Å². The van der Waals surface area contributed by atoms with Crippen LogP contribution in [0.2, 0.25) is 5.02 Å². The van der Waals surface area contributed by atoms with Gasteiger partial charge in [-0.1, -0.05) is 36.7 Å². The fraction of sp³-hybridized carbons (Fsp3) is 0.100. The van der Waals surface area contributed by atoms with Crippen molar-refractivity contribution in [3.63, 3.8) is 0 Å². The Morgan fingerprint density at radius 3 is 2.41 bits per heavy atom. The Balaban J connectivity index is 2.05. The predicted octanol–water partition coefficient (Wildman–Crippen LogP) is 2.43. The van der Waals surface area contributed by atoms with Gasteiger partial charge in [-0.3, -0.25) is 14.6 Å². The Morgan fingerprint density at radius 1 is 1.14 bits per heavy atom. The lowest BCUT2D eigenvalue weighted by Gasteiger charge is -2.12. The van der Waals surface area contributed by atoms with E-state index in [9.17, 15) is 19.5 Å². The molecule has 1 aromatic heterocycles. The number of aromatic amines is 1. The first-order valence-corrected chi connectivity index (χ1v) is 9.06. The Bertz CT molecular complexity index is 1180. The predicted molar refractivity (Wildman–Crippen MR) is 110 cm³/mol. The zero-order chi connectivity index (χ0) is 21.0. The van der Waals surface area contributed by atoms with Gasteiger partial charge in [0.2, 0.25) is 5.88 Å². The molecule has 148 valence electrons. The summed E-state index contributed by atoms with van der Waals surface area (Å²) in [5, 5.41) is 15.1. The average molecular weight is 413 g/mol. The van der Waals surface area contributed by atoms with Crippen LogP contribution in [0.15, 0.2) is 69.3 Å². The van der Waals surface area contributed by atoms with Crippen molar-refractivity contribution >= 4 is 23.2 Å². The molecule has 1 amide bonds. The molecule has 2 aromatic carbocycles. The molecule has 1 heterocycles. The monoisotopic (exact) mass is 412 g/mol. The fourth-order valence-corrected chi connectivity index (χ4v) is 2.82. The molecule has 3 rings (SSSR count). The molecule has 0 unspecified atom stereocenters. The molecular weight excluding hydrogens is 396 g/mol. The first kappa shape index (κ1) is 20.1. The van der Waals surface area contributed by atoms with Crippen molar-refractivity contribution in [2.24, 2.45) is 5.10 Å². The number of benzene rings is 2. The van der Waals surface area contributed by atoms with Gasteiger partial charge >= 0.3 is 5.69 Å². The molecule has 0 radical (unpaired) electrons. The summed E-state index contributed by atoms with van der Waals surface area (Å²) >= 11 is 5.86. The van der Waals surface area contributed by atoms with E-state index >= 15 is 0 Å². The third-order valence-corrected chi connectivity index (χ3v) is 4.37. The molecule has 0 aliphatic rings. The highest BCUT2D eigenvalue weighted by Gasteiger charge is 2.20. The first-order valence-electron chi connectivity index (χ1n) is 8.69. The number of amides is 1. The quantitative estimate of drug-likeness (QED) is 0.440. The molecule has 8 nitrogen and oxygen atoms in total. The maximum Gasteiger partial charge on any atom is 0.335 e. The van der Waals surface area contributed by atoms with Crippen LogP contribution in [0, 0.1) is 0 Å². The van der Waals surface area contributed by atoms with E-state index in [0.717, 1.165) is 4.57 Å². The summed E-state index contributed by atoms with van der Waals surface area (Å²) in [4.78, 5) is 39.0. The number of nitrogens with zero attached hydrogens (tertiary/aromatic N) is 2. The van der Waals surface area contributed by atoms with Crippen LogP contribution in [-0.4, -0.2) is 26.3 Å². The summed E-state index contributed by atoms with van der Waals surface area (Å²) in [5.74, 6) is -1.06. The standard InChI is InChI=1S/C20H17ClN4O4/c1-2-15(23-24-17(26)12-6-4-3-5-7-12)16-18(27)22-20(29)25(19(16)28)14-10-8-13(21)9-11-14/h3-11,28H,2H2,1H3,(H,24,26)(H,22,27,29). The number of carbonyl (C=O) groups excluding carboxylic acids is 1. The van der Waals surface area contributed by atoms with Gasteiger partial charge in [0.1, 0.15) is 5.56 Å². The number of aromatic nitrogens is 2. The second-order valence-corrected chi connectivity index (χ2v) is 6.43. The molecule has 0 saturated heterocycles. The van der Waals surface area contributed by atoms with Gasteiger partial charge in [0.25, 0.3) is 11.5 Å². The highest BCUT2D eigenvalue weighted by Crippen LogP contribution is 2.19. The Morgan fingerprint density at radius 2 is 1.79 bits per heavy atom. The summed E-state index contributed by atoms with van der Waals surface area (Å²) in [6.45, 7) is 1.70. The number of aromatic hydroxyl groups is 1. The molecule has 9 heteroatoms. The number of H-pyrrole nitrogens is 1. The van der Waals surface area contributed by atoms with E-state index in [4.69, 9.17) is 11.6 Å². The van der Waals surface area contributed by atoms with Crippen LogP contribution in [0.25, 0.3) is 5.69 Å². The summed E-state index contributed by atoms with van der Waals surface area (Å²) in [7, 11) is 0. The number of hydrogen-bond donors (Lipinski definition) is 3. The van der Waals surface area contributed by atoms with Gasteiger partial charge < -0.3 is 5.11 Å². The molecule has 0 spiro atoms. The molecule has 29 heavy (non-hydrogen) atoms. The SMILES string of the molecule is CCC(=NNC(=O)c1ccccc1)c1c(O)n(-c2ccc(Cl)cc2)c(=O)[nH]c1=O. The largest absolute Gasteiger partial charge is 0.493 e. The van der Waals surface area contributed by atoms with Gasteiger partial charge in [-0.05, 0) is 42.8 Å². The zero-order valence-corrected chi connectivity index (χ0v) is 16.1. The highest BCUT2D eigenvalue weighted by atomic mass is 35.5. The summed E-state index contributed by atoms with van der Waals surface area (Å²) in [6.07, 6.45) is 0.213. The van der Waals surface area contributed by atoms with Crippen LogP contribution in [0.4, 0.5) is 0 Å². The lowest BCUT2D eigenvalue weighted by Crippen LogP contribution is -2.34. The minimum absolute atomic E-state index is 0.107. The molecule has 0 aliphatic carbocycles. The number of nitrogens with one attached hydrogen (secondary N) is 2. The minimum atomic E-state index is -0.817. The number of halogens is 1. The molecule has 0 bridgehead atoms. The summed E-state index contributed by atoms with van der Waals surface area (Å²) in [5.41, 5.74) is 1.32. The average Bonchev–Trinajstić information content (AvgIpc) is 2.72. The smallest absolute Gasteiger partial charge is 0.335 e. The highest BCUT2D eigenvalue weighted by molar-refractivity contribution is 6.30. The Labute approximate surface area is 170 Å². The number of hydrazone groups is 1. The van der Waals surface area contributed by atoms with Crippen molar-refractivity contribution in [1.82, 2.24) is 15.0 Å². The van der Waals surface area contributed by atoms with Gasteiger partial charge in [-0.15, -0.1) is 0 Å². The Kier molecular flexibility index (Phi) is 5.94. The van der Waals surface area contributed by atoms with Crippen molar-refractivity contribution in [2.75, 3.05) is 0 Å². The number of carbonyl (C=O) groups is 1. The van der Waals surface area contributed by atoms with E-state index < -0.39 is 23.0 Å². The maximum atomic E-state index is 12.4. The van der Waals surface area contributed by atoms with Gasteiger partial charge in [0.05, 0.1) is 11.4 Å². The number of hydrogen-bond acceptors (Lipinski definition) is 5. The fourth-order valence-electron chi connectivity index (χ4n) is 2.70. The van der Waals surface area contributed by atoms with Gasteiger partial charge in [-0.25, -0.2) is 14.8 Å². The van der Waals surface area contributed by atoms with Crippen LogP contribution in [0.5, 0.6) is 5.88 Å². The molecule has 0 fully saturated rings. The second-order valence-electron chi connectivity index (χ2n) is 5.99. The van der Waals surface area contributed by atoms with Crippen LogP contribution in [-0.2, 0) is 0 Å². The molecule has 3 aromatic rings. The van der Waals surface area contributed by atoms with E-state index in [1.165, 1.54) is 12.1 Å². The van der Waals surface area contributed by atoms with Crippen LogP contribution < -0.4 is 16.7 Å². The summed E-state index contributed by atoms with van der Waals surface area (Å²) in [6, 6.07) is 14.5. The molecule has 0 atom stereocenters.